The maximum atomic E-state index is 12.2. The number of carbonyl (C=O) groups is 1. The molecule has 0 aliphatic heterocycles. The summed E-state index contributed by atoms with van der Waals surface area (Å²) < 4.78 is 5.72. The normalized spacial score (nSPS) is 11.1. The zero-order valence-corrected chi connectivity index (χ0v) is 16.5. The van der Waals surface area contributed by atoms with Crippen LogP contribution in [0.3, 0.4) is 0 Å². The van der Waals surface area contributed by atoms with Crippen LogP contribution in [0.2, 0.25) is 15.1 Å². The lowest BCUT2D eigenvalue weighted by atomic mass is 10.1. The average molecular weight is 422 g/mol. The van der Waals surface area contributed by atoms with Gasteiger partial charge in [-0.2, -0.15) is 0 Å². The van der Waals surface area contributed by atoms with Crippen molar-refractivity contribution >= 4 is 58.2 Å². The highest BCUT2D eigenvalue weighted by Gasteiger charge is 2.10. The van der Waals surface area contributed by atoms with Crippen LogP contribution in [-0.4, -0.2) is 5.91 Å². The lowest BCUT2D eigenvalue weighted by Gasteiger charge is -2.09. The predicted octanol–water partition coefficient (Wildman–Crippen LogP) is 6.45. The van der Waals surface area contributed by atoms with E-state index >= 15 is 0 Å². The number of nitrogens with two attached hydrogens (primary N) is 1. The van der Waals surface area contributed by atoms with Crippen molar-refractivity contribution in [2.45, 2.75) is 6.92 Å². The molecule has 3 rings (SSSR count). The fourth-order valence-corrected chi connectivity index (χ4v) is 3.35. The molecular formula is C20H15Cl3N2O2. The van der Waals surface area contributed by atoms with Crippen LogP contribution in [0, 0.1) is 6.92 Å². The van der Waals surface area contributed by atoms with Crippen LogP contribution in [0.4, 0.5) is 11.4 Å². The summed E-state index contributed by atoms with van der Waals surface area (Å²) in [5.41, 5.74) is 8.28. The summed E-state index contributed by atoms with van der Waals surface area (Å²) in [5, 5.41) is 4.15. The molecular weight excluding hydrogens is 407 g/mol. The molecule has 0 spiro atoms. The van der Waals surface area contributed by atoms with Crippen LogP contribution in [0.5, 0.6) is 0 Å². The van der Waals surface area contributed by atoms with E-state index in [9.17, 15) is 4.79 Å². The number of benzene rings is 2. The minimum Gasteiger partial charge on any atom is -0.457 e. The summed E-state index contributed by atoms with van der Waals surface area (Å²) in [6.45, 7) is 1.82. The van der Waals surface area contributed by atoms with Gasteiger partial charge in [-0.05, 0) is 61.0 Å². The number of nitrogens with one attached hydrogen (secondary N) is 1. The minimum absolute atomic E-state index is 0.341. The monoisotopic (exact) mass is 420 g/mol. The lowest BCUT2D eigenvalue weighted by molar-refractivity contribution is -0.111. The predicted molar refractivity (Wildman–Crippen MR) is 112 cm³/mol. The minimum atomic E-state index is -0.341. The molecule has 27 heavy (non-hydrogen) atoms. The van der Waals surface area contributed by atoms with Crippen LogP contribution >= 0.6 is 34.8 Å². The van der Waals surface area contributed by atoms with Gasteiger partial charge in [0, 0.05) is 22.3 Å². The molecule has 1 amide bonds. The highest BCUT2D eigenvalue weighted by molar-refractivity contribution is 6.36. The highest BCUT2D eigenvalue weighted by Crippen LogP contribution is 2.32. The lowest BCUT2D eigenvalue weighted by Crippen LogP contribution is -2.09. The Balaban J connectivity index is 1.73. The first-order valence-corrected chi connectivity index (χ1v) is 9.07. The summed E-state index contributed by atoms with van der Waals surface area (Å²) in [6.07, 6.45) is 2.92. The van der Waals surface area contributed by atoms with Crippen LogP contribution < -0.4 is 11.1 Å². The number of anilines is 2. The second kappa shape index (κ2) is 8.09. The summed E-state index contributed by atoms with van der Waals surface area (Å²) in [5.74, 6) is 0.743. The average Bonchev–Trinajstić information content (AvgIpc) is 3.05. The van der Waals surface area contributed by atoms with E-state index in [2.05, 4.69) is 5.32 Å². The molecule has 3 N–H and O–H groups in total. The summed E-state index contributed by atoms with van der Waals surface area (Å²) >= 11 is 18.2. The number of hydrogen-bond acceptors (Lipinski definition) is 3. The molecule has 1 aromatic heterocycles. The van der Waals surface area contributed by atoms with Crippen molar-refractivity contribution < 1.29 is 9.21 Å². The van der Waals surface area contributed by atoms with Crippen LogP contribution in [0.1, 0.15) is 11.3 Å². The number of rotatable bonds is 4. The van der Waals surface area contributed by atoms with Crippen LogP contribution in [-0.2, 0) is 4.79 Å². The first-order chi connectivity index (χ1) is 12.8. The SMILES string of the molecule is Cc1cc(N)cc(Cl)c1NC(=O)/C=C/c1ccc(-c2ccc(Cl)cc2Cl)o1. The summed E-state index contributed by atoms with van der Waals surface area (Å²) in [4.78, 5) is 12.2. The molecule has 0 fully saturated rings. The van der Waals surface area contributed by atoms with Crippen LogP contribution in [0.25, 0.3) is 17.4 Å². The van der Waals surface area contributed by atoms with Gasteiger partial charge in [-0.1, -0.05) is 34.8 Å². The maximum absolute atomic E-state index is 12.2. The Hall–Kier alpha value is -2.40. The Morgan fingerprint density at radius 1 is 1.07 bits per heavy atom. The first kappa shape index (κ1) is 19.4. The largest absolute Gasteiger partial charge is 0.457 e. The van der Waals surface area contributed by atoms with Gasteiger partial charge in [0.05, 0.1) is 15.7 Å². The number of furan rings is 1. The van der Waals surface area contributed by atoms with Gasteiger partial charge in [0.1, 0.15) is 11.5 Å². The molecule has 2 aromatic carbocycles. The quantitative estimate of drug-likeness (QED) is 0.376. The van der Waals surface area contributed by atoms with Crippen molar-refractivity contribution in [1.82, 2.24) is 0 Å². The Labute approximate surface area is 171 Å². The molecule has 3 aromatic rings. The number of aryl methyl sites for hydroxylation is 1. The zero-order valence-electron chi connectivity index (χ0n) is 14.2. The van der Waals surface area contributed by atoms with Crippen molar-refractivity contribution in [1.29, 1.82) is 0 Å². The number of amides is 1. The van der Waals surface area contributed by atoms with Crippen molar-refractivity contribution in [2.24, 2.45) is 0 Å². The molecule has 7 heteroatoms. The van der Waals surface area contributed by atoms with Gasteiger partial charge >= 0.3 is 0 Å². The third kappa shape index (κ3) is 4.66. The third-order valence-electron chi connectivity index (χ3n) is 3.78. The van der Waals surface area contributed by atoms with E-state index in [0.717, 1.165) is 11.1 Å². The maximum Gasteiger partial charge on any atom is 0.248 e. The Bertz CT molecular complexity index is 1020. The second-order valence-electron chi connectivity index (χ2n) is 5.84. The van der Waals surface area contributed by atoms with E-state index in [1.54, 1.807) is 48.5 Å². The smallest absolute Gasteiger partial charge is 0.248 e. The van der Waals surface area contributed by atoms with Gasteiger partial charge in [-0.15, -0.1) is 0 Å². The van der Waals surface area contributed by atoms with Gasteiger partial charge in [-0.3, -0.25) is 4.79 Å². The van der Waals surface area contributed by atoms with Gasteiger partial charge in [-0.25, -0.2) is 0 Å². The number of halogens is 3. The standard InChI is InChI=1S/C20H15Cl3N2O2/c1-11-8-13(24)10-17(23)20(11)25-19(26)7-4-14-3-6-18(27-14)15-5-2-12(21)9-16(15)22/h2-10H,24H2,1H3,(H,25,26)/b7-4+. The topological polar surface area (TPSA) is 68.3 Å². The van der Waals surface area contributed by atoms with Gasteiger partial charge in [0.25, 0.3) is 0 Å². The number of carbonyl (C=O) groups excluding carboxylic acids is 1. The molecule has 138 valence electrons. The Morgan fingerprint density at radius 2 is 1.85 bits per heavy atom. The molecule has 0 unspecified atom stereocenters. The highest BCUT2D eigenvalue weighted by atomic mass is 35.5. The van der Waals surface area contributed by atoms with Crippen molar-refractivity contribution in [3.05, 3.63) is 74.9 Å². The van der Waals surface area contributed by atoms with Gasteiger partial charge in [0.2, 0.25) is 5.91 Å². The van der Waals surface area contributed by atoms with Crippen LogP contribution in [0.15, 0.2) is 53.0 Å². The van der Waals surface area contributed by atoms with E-state index in [4.69, 9.17) is 45.0 Å². The van der Waals surface area contributed by atoms with E-state index < -0.39 is 0 Å². The number of hydrogen-bond donors (Lipinski definition) is 2. The van der Waals surface area contributed by atoms with Gasteiger partial charge in [0.15, 0.2) is 0 Å². The molecule has 1 heterocycles. The summed E-state index contributed by atoms with van der Waals surface area (Å²) in [6, 6.07) is 12.0. The molecule has 0 saturated heterocycles. The molecule has 4 nitrogen and oxygen atoms in total. The summed E-state index contributed by atoms with van der Waals surface area (Å²) in [7, 11) is 0. The molecule has 0 radical (unpaired) electrons. The molecule has 0 atom stereocenters. The fourth-order valence-electron chi connectivity index (χ4n) is 2.53. The third-order valence-corrected chi connectivity index (χ3v) is 4.63. The molecule has 0 saturated carbocycles. The fraction of sp³-hybridized carbons (Fsp3) is 0.0500. The van der Waals surface area contributed by atoms with E-state index in [1.807, 2.05) is 6.92 Å². The first-order valence-electron chi connectivity index (χ1n) is 7.93. The van der Waals surface area contributed by atoms with E-state index in [0.29, 0.717) is 38.0 Å². The van der Waals surface area contributed by atoms with Gasteiger partial charge < -0.3 is 15.5 Å². The Kier molecular flexibility index (Phi) is 5.80. The van der Waals surface area contributed by atoms with E-state index in [-0.39, 0.29) is 5.91 Å². The van der Waals surface area contributed by atoms with Crippen molar-refractivity contribution in [3.63, 3.8) is 0 Å². The van der Waals surface area contributed by atoms with Crippen molar-refractivity contribution in [3.8, 4) is 11.3 Å². The Morgan fingerprint density at radius 3 is 2.56 bits per heavy atom. The zero-order chi connectivity index (χ0) is 19.6. The number of nitrogen functional groups attached to an aromatic ring is 1. The second-order valence-corrected chi connectivity index (χ2v) is 7.09. The molecule has 0 aliphatic carbocycles. The molecule has 0 aliphatic rings. The van der Waals surface area contributed by atoms with E-state index in [1.165, 1.54) is 6.08 Å². The van der Waals surface area contributed by atoms with Crippen molar-refractivity contribution in [2.75, 3.05) is 11.1 Å². The molecule has 0 bridgehead atoms.